The predicted octanol–water partition coefficient (Wildman–Crippen LogP) is 1.42. The summed E-state index contributed by atoms with van der Waals surface area (Å²) >= 11 is 0. The molecule has 1 atom stereocenters. The van der Waals surface area contributed by atoms with E-state index in [-0.39, 0.29) is 18.8 Å². The minimum absolute atomic E-state index is 0.0551. The first-order chi connectivity index (χ1) is 11.3. The van der Waals surface area contributed by atoms with Crippen LogP contribution in [0, 0.1) is 0 Å². The summed E-state index contributed by atoms with van der Waals surface area (Å²) in [6.07, 6.45) is 4.65. The molecule has 2 aliphatic heterocycles. The summed E-state index contributed by atoms with van der Waals surface area (Å²) in [4.78, 5) is 22.8. The normalized spacial score (nSPS) is 19.7. The average molecular weight is 313 g/mol. The first kappa shape index (κ1) is 14.0. The van der Waals surface area contributed by atoms with Gasteiger partial charge in [-0.25, -0.2) is 0 Å². The van der Waals surface area contributed by atoms with E-state index in [1.54, 1.807) is 41.7 Å². The van der Waals surface area contributed by atoms with E-state index in [0.29, 0.717) is 36.8 Å². The van der Waals surface area contributed by atoms with Crippen molar-refractivity contribution in [1.29, 1.82) is 0 Å². The molecule has 0 radical (unpaired) electrons. The SMILES string of the molecule is O=C(c1ccc2c(c1)OCO2)N1CCOC(c2cnccn2)C1. The highest BCUT2D eigenvalue weighted by Gasteiger charge is 2.28. The molecule has 1 aromatic heterocycles. The molecule has 1 amide bonds. The van der Waals surface area contributed by atoms with Crippen molar-refractivity contribution >= 4 is 5.91 Å². The zero-order chi connectivity index (χ0) is 15.6. The number of morpholine rings is 1. The third kappa shape index (κ3) is 2.70. The Morgan fingerprint density at radius 3 is 3.00 bits per heavy atom. The van der Waals surface area contributed by atoms with Crippen molar-refractivity contribution in [3.05, 3.63) is 48.0 Å². The molecule has 23 heavy (non-hydrogen) atoms. The van der Waals surface area contributed by atoms with Gasteiger partial charge in [0.25, 0.3) is 5.91 Å². The lowest BCUT2D eigenvalue weighted by atomic mass is 10.1. The lowest BCUT2D eigenvalue weighted by molar-refractivity contribution is -0.0249. The van der Waals surface area contributed by atoms with E-state index in [9.17, 15) is 4.79 Å². The Hall–Kier alpha value is -2.67. The van der Waals surface area contributed by atoms with Crippen LogP contribution in [0.25, 0.3) is 0 Å². The fourth-order valence-electron chi connectivity index (χ4n) is 2.70. The number of rotatable bonds is 2. The number of fused-ring (bicyclic) bond motifs is 1. The number of hydrogen-bond donors (Lipinski definition) is 0. The van der Waals surface area contributed by atoms with E-state index in [1.807, 2.05) is 0 Å². The van der Waals surface area contributed by atoms with Gasteiger partial charge in [0.1, 0.15) is 6.10 Å². The Morgan fingerprint density at radius 2 is 2.13 bits per heavy atom. The van der Waals surface area contributed by atoms with E-state index >= 15 is 0 Å². The van der Waals surface area contributed by atoms with Crippen LogP contribution in [0.1, 0.15) is 22.2 Å². The van der Waals surface area contributed by atoms with Crippen molar-refractivity contribution in [3.8, 4) is 11.5 Å². The van der Waals surface area contributed by atoms with Crippen LogP contribution in [-0.2, 0) is 4.74 Å². The molecule has 0 saturated carbocycles. The summed E-state index contributed by atoms with van der Waals surface area (Å²) in [5.41, 5.74) is 1.31. The monoisotopic (exact) mass is 313 g/mol. The van der Waals surface area contributed by atoms with Crippen LogP contribution in [0.4, 0.5) is 0 Å². The molecule has 0 bridgehead atoms. The number of carbonyl (C=O) groups is 1. The summed E-state index contributed by atoms with van der Waals surface area (Å²) in [6, 6.07) is 5.23. The quantitative estimate of drug-likeness (QED) is 0.835. The van der Waals surface area contributed by atoms with Gasteiger partial charge in [0.05, 0.1) is 25.0 Å². The Kier molecular flexibility index (Phi) is 3.55. The third-order valence-corrected chi connectivity index (χ3v) is 3.89. The molecule has 1 saturated heterocycles. The Morgan fingerprint density at radius 1 is 1.22 bits per heavy atom. The lowest BCUT2D eigenvalue weighted by Crippen LogP contribution is -2.42. The molecule has 0 N–H and O–H groups in total. The summed E-state index contributed by atoms with van der Waals surface area (Å²) < 4.78 is 16.3. The molecule has 118 valence electrons. The van der Waals surface area contributed by atoms with E-state index in [0.717, 1.165) is 5.69 Å². The van der Waals surface area contributed by atoms with Gasteiger partial charge in [-0.3, -0.25) is 14.8 Å². The second kappa shape index (κ2) is 5.85. The van der Waals surface area contributed by atoms with Gasteiger partial charge in [0.15, 0.2) is 11.5 Å². The standard InChI is InChI=1S/C16H15N3O4/c20-16(11-1-2-13-14(7-11)23-10-22-13)19-5-6-21-15(9-19)12-8-17-3-4-18-12/h1-4,7-8,15H,5-6,9-10H2. The molecule has 0 aliphatic carbocycles. The number of aromatic nitrogens is 2. The second-order valence-electron chi connectivity index (χ2n) is 5.31. The van der Waals surface area contributed by atoms with Crippen LogP contribution < -0.4 is 9.47 Å². The van der Waals surface area contributed by atoms with Gasteiger partial charge in [-0.2, -0.15) is 0 Å². The van der Waals surface area contributed by atoms with Crippen molar-refractivity contribution < 1.29 is 19.0 Å². The highest BCUT2D eigenvalue weighted by atomic mass is 16.7. The van der Waals surface area contributed by atoms with Crippen LogP contribution in [0.15, 0.2) is 36.8 Å². The van der Waals surface area contributed by atoms with E-state index in [4.69, 9.17) is 14.2 Å². The van der Waals surface area contributed by atoms with Gasteiger partial charge in [-0.15, -0.1) is 0 Å². The van der Waals surface area contributed by atoms with Crippen molar-refractivity contribution in [3.63, 3.8) is 0 Å². The maximum Gasteiger partial charge on any atom is 0.254 e. The van der Waals surface area contributed by atoms with E-state index in [2.05, 4.69) is 9.97 Å². The fraction of sp³-hybridized carbons (Fsp3) is 0.312. The first-order valence-corrected chi connectivity index (χ1v) is 7.38. The largest absolute Gasteiger partial charge is 0.454 e. The summed E-state index contributed by atoms with van der Waals surface area (Å²) in [5.74, 6) is 1.22. The van der Waals surface area contributed by atoms with Gasteiger partial charge >= 0.3 is 0 Å². The van der Waals surface area contributed by atoms with Crippen LogP contribution in [0.3, 0.4) is 0 Å². The maximum absolute atomic E-state index is 12.7. The zero-order valence-electron chi connectivity index (χ0n) is 12.3. The van der Waals surface area contributed by atoms with Crippen LogP contribution >= 0.6 is 0 Å². The predicted molar refractivity (Wildman–Crippen MR) is 79.2 cm³/mol. The highest BCUT2D eigenvalue weighted by Crippen LogP contribution is 2.33. The third-order valence-electron chi connectivity index (χ3n) is 3.89. The first-order valence-electron chi connectivity index (χ1n) is 7.38. The lowest BCUT2D eigenvalue weighted by Gasteiger charge is -2.32. The maximum atomic E-state index is 12.7. The van der Waals surface area contributed by atoms with Crippen LogP contribution in [-0.4, -0.2) is 47.3 Å². The van der Waals surface area contributed by atoms with Crippen molar-refractivity contribution in [2.45, 2.75) is 6.10 Å². The molecular weight excluding hydrogens is 298 g/mol. The highest BCUT2D eigenvalue weighted by molar-refractivity contribution is 5.95. The molecule has 1 fully saturated rings. The topological polar surface area (TPSA) is 73.8 Å². The van der Waals surface area contributed by atoms with Crippen LogP contribution in [0.2, 0.25) is 0 Å². The molecule has 2 aliphatic rings. The number of ether oxygens (including phenoxy) is 3. The molecule has 3 heterocycles. The fourth-order valence-corrected chi connectivity index (χ4v) is 2.70. The van der Waals surface area contributed by atoms with Gasteiger partial charge in [0.2, 0.25) is 6.79 Å². The summed E-state index contributed by atoms with van der Waals surface area (Å²) in [7, 11) is 0. The zero-order valence-corrected chi connectivity index (χ0v) is 12.3. The van der Waals surface area contributed by atoms with Crippen molar-refractivity contribution in [1.82, 2.24) is 14.9 Å². The summed E-state index contributed by atoms with van der Waals surface area (Å²) in [6.45, 7) is 1.66. The molecule has 4 rings (SSSR count). The van der Waals surface area contributed by atoms with E-state index < -0.39 is 0 Å². The Labute approximate surface area is 132 Å². The van der Waals surface area contributed by atoms with Crippen molar-refractivity contribution in [2.75, 3.05) is 26.5 Å². The molecule has 1 unspecified atom stereocenters. The van der Waals surface area contributed by atoms with Gasteiger partial charge in [-0.05, 0) is 18.2 Å². The minimum Gasteiger partial charge on any atom is -0.454 e. The molecule has 1 aromatic carbocycles. The van der Waals surface area contributed by atoms with E-state index in [1.165, 1.54) is 0 Å². The number of nitrogens with zero attached hydrogens (tertiary/aromatic N) is 3. The molecule has 2 aromatic rings. The minimum atomic E-state index is -0.254. The van der Waals surface area contributed by atoms with Gasteiger partial charge < -0.3 is 19.1 Å². The Bertz CT molecular complexity index is 723. The smallest absolute Gasteiger partial charge is 0.254 e. The van der Waals surface area contributed by atoms with Crippen molar-refractivity contribution in [2.24, 2.45) is 0 Å². The molecule has 7 heteroatoms. The molecule has 7 nitrogen and oxygen atoms in total. The summed E-state index contributed by atoms with van der Waals surface area (Å²) in [5, 5.41) is 0. The average Bonchev–Trinajstić information content (AvgIpc) is 3.09. The number of hydrogen-bond acceptors (Lipinski definition) is 6. The number of benzene rings is 1. The molecular formula is C16H15N3O4. The molecule has 0 spiro atoms. The number of amides is 1. The second-order valence-corrected chi connectivity index (χ2v) is 5.31. The number of carbonyl (C=O) groups excluding carboxylic acids is 1. The van der Waals surface area contributed by atoms with Crippen LogP contribution in [0.5, 0.6) is 11.5 Å². The van der Waals surface area contributed by atoms with Gasteiger partial charge in [0, 0.05) is 24.5 Å². The van der Waals surface area contributed by atoms with Gasteiger partial charge in [-0.1, -0.05) is 0 Å². The Balaban J connectivity index is 1.52.